The Morgan fingerprint density at radius 1 is 1.22 bits per heavy atom. The van der Waals surface area contributed by atoms with Crippen LogP contribution in [0.4, 0.5) is 0 Å². The lowest BCUT2D eigenvalue weighted by Crippen LogP contribution is -2.37. The van der Waals surface area contributed by atoms with Gasteiger partial charge in [0.25, 0.3) is 5.91 Å². The number of hydrogen-bond acceptors (Lipinski definition) is 7. The van der Waals surface area contributed by atoms with E-state index in [4.69, 9.17) is 25.4 Å². The molecule has 0 radical (unpaired) electrons. The van der Waals surface area contributed by atoms with Crippen LogP contribution in [-0.2, 0) is 16.8 Å². The number of ketones is 1. The van der Waals surface area contributed by atoms with Crippen molar-refractivity contribution in [2.24, 2.45) is 5.73 Å². The first-order valence-corrected chi connectivity index (χ1v) is 11.6. The fourth-order valence-corrected chi connectivity index (χ4v) is 4.32. The second-order valence-electron chi connectivity index (χ2n) is 9.79. The van der Waals surface area contributed by atoms with Crippen molar-refractivity contribution in [3.63, 3.8) is 0 Å². The lowest BCUT2D eigenvalue weighted by Gasteiger charge is -2.30. The van der Waals surface area contributed by atoms with Gasteiger partial charge >= 0.3 is 5.97 Å². The van der Waals surface area contributed by atoms with Gasteiger partial charge in [0.1, 0.15) is 18.2 Å². The van der Waals surface area contributed by atoms with Crippen molar-refractivity contribution in [3.05, 3.63) is 52.1 Å². The maximum atomic E-state index is 13.4. The molecule has 2 heterocycles. The van der Waals surface area contributed by atoms with Crippen LogP contribution in [0.2, 0.25) is 0 Å². The lowest BCUT2D eigenvalue weighted by molar-refractivity contribution is -0.147. The fraction of sp³-hybridized carbons (Fsp3) is 0.385. The Morgan fingerprint density at radius 2 is 1.94 bits per heavy atom. The van der Waals surface area contributed by atoms with Crippen molar-refractivity contribution < 1.29 is 33.7 Å². The summed E-state index contributed by atoms with van der Waals surface area (Å²) in [6.45, 7) is 8.09. The van der Waals surface area contributed by atoms with E-state index in [2.05, 4.69) is 0 Å². The molecule has 0 aromatic heterocycles. The maximum absolute atomic E-state index is 13.4. The molecule has 0 spiro atoms. The lowest BCUT2D eigenvalue weighted by atomic mass is 9.84. The highest BCUT2D eigenvalue weighted by Gasteiger charge is 2.34. The topological polar surface area (TPSA) is 152 Å². The molecule has 190 valence electrons. The quantitative estimate of drug-likeness (QED) is 0.496. The summed E-state index contributed by atoms with van der Waals surface area (Å²) in [6, 6.07) is 6.44. The number of primary amides is 1. The predicted octanol–water partition coefficient (Wildman–Crippen LogP) is 2.73. The Hall–Kier alpha value is -4.08. The standard InChI is InChI=1S/C26H29N3O7/c1-5-34-19-8-14-10-29(23(27)15(14)9-16(19)24(28)31)11-18(30)13-6-17(26(2,3)4)22-20(7-13)36-21(12-35-22)25(32)33/h6-9,21,27H,5,10-12H2,1-4H3,(H2,28,31)(H,32,33). The molecular weight excluding hydrogens is 466 g/mol. The van der Waals surface area contributed by atoms with Crippen molar-refractivity contribution in [2.45, 2.75) is 45.8 Å². The molecule has 0 aliphatic carbocycles. The first-order valence-electron chi connectivity index (χ1n) is 11.6. The van der Waals surface area contributed by atoms with Gasteiger partial charge in [-0.05, 0) is 42.2 Å². The van der Waals surface area contributed by atoms with Gasteiger partial charge in [-0.25, -0.2) is 4.79 Å². The van der Waals surface area contributed by atoms with Crippen LogP contribution < -0.4 is 19.9 Å². The number of aliphatic carboxylic acids is 1. The van der Waals surface area contributed by atoms with Crippen LogP contribution >= 0.6 is 0 Å². The number of hydrogen-bond donors (Lipinski definition) is 3. The molecule has 2 aliphatic rings. The van der Waals surface area contributed by atoms with Crippen molar-refractivity contribution in [3.8, 4) is 17.2 Å². The minimum atomic E-state index is -1.17. The first-order chi connectivity index (χ1) is 16.9. The SMILES string of the molecule is CCOc1cc2c(cc1C(N)=O)C(=N)N(CC(=O)c1cc3c(c(C(C)(C)C)c1)OCC(C(=O)O)O3)C2. The maximum Gasteiger partial charge on any atom is 0.348 e. The van der Waals surface area contributed by atoms with Gasteiger partial charge in [0, 0.05) is 23.2 Å². The van der Waals surface area contributed by atoms with Gasteiger partial charge < -0.3 is 30.0 Å². The Balaban J connectivity index is 1.63. The number of carboxylic acids is 1. The average molecular weight is 496 g/mol. The number of nitrogens with two attached hydrogens (primary N) is 1. The number of amides is 1. The average Bonchev–Trinajstić information content (AvgIpc) is 3.10. The highest BCUT2D eigenvalue weighted by atomic mass is 16.6. The van der Waals surface area contributed by atoms with E-state index in [9.17, 15) is 19.5 Å². The van der Waals surface area contributed by atoms with Crippen LogP contribution in [0.15, 0.2) is 24.3 Å². The van der Waals surface area contributed by atoms with Crippen molar-refractivity contribution in [2.75, 3.05) is 19.8 Å². The normalized spacial score (nSPS) is 16.5. The third kappa shape index (κ3) is 4.58. The predicted molar refractivity (Wildman–Crippen MR) is 130 cm³/mol. The van der Waals surface area contributed by atoms with Crippen LogP contribution in [0.5, 0.6) is 17.2 Å². The summed E-state index contributed by atoms with van der Waals surface area (Å²) in [6.07, 6.45) is -1.17. The van der Waals surface area contributed by atoms with Gasteiger partial charge in [0.2, 0.25) is 6.10 Å². The first kappa shape index (κ1) is 25.0. The highest BCUT2D eigenvalue weighted by molar-refractivity contribution is 6.07. The molecule has 4 N–H and O–H groups in total. The number of rotatable bonds is 7. The van der Waals surface area contributed by atoms with Crippen molar-refractivity contribution in [1.82, 2.24) is 4.90 Å². The molecule has 10 nitrogen and oxygen atoms in total. The molecule has 1 atom stereocenters. The monoisotopic (exact) mass is 495 g/mol. The summed E-state index contributed by atoms with van der Waals surface area (Å²) in [5.74, 6) is -1.00. The molecule has 2 aromatic carbocycles. The summed E-state index contributed by atoms with van der Waals surface area (Å²) in [5, 5.41) is 17.9. The number of Topliss-reactive ketones (excluding diaryl/α,β-unsaturated/α-hetero) is 1. The summed E-state index contributed by atoms with van der Waals surface area (Å²) >= 11 is 0. The van der Waals surface area contributed by atoms with Crippen molar-refractivity contribution >= 4 is 23.5 Å². The molecule has 4 rings (SSSR count). The fourth-order valence-electron chi connectivity index (χ4n) is 4.32. The minimum Gasteiger partial charge on any atom is -0.493 e. The highest BCUT2D eigenvalue weighted by Crippen LogP contribution is 2.42. The Labute approximate surface area is 208 Å². The Kier molecular flexibility index (Phi) is 6.38. The second-order valence-corrected chi connectivity index (χ2v) is 9.79. The smallest absolute Gasteiger partial charge is 0.348 e. The Bertz CT molecular complexity index is 1280. The molecule has 0 saturated carbocycles. The van der Waals surface area contributed by atoms with E-state index in [-0.39, 0.29) is 42.6 Å². The van der Waals surface area contributed by atoms with E-state index in [0.717, 1.165) is 11.1 Å². The summed E-state index contributed by atoms with van der Waals surface area (Å²) in [7, 11) is 0. The Morgan fingerprint density at radius 3 is 2.56 bits per heavy atom. The van der Waals surface area contributed by atoms with Gasteiger partial charge in [-0.15, -0.1) is 0 Å². The second kappa shape index (κ2) is 9.18. The molecule has 10 heteroatoms. The van der Waals surface area contributed by atoms with Gasteiger partial charge in [-0.2, -0.15) is 0 Å². The van der Waals surface area contributed by atoms with Gasteiger partial charge in [0.15, 0.2) is 17.3 Å². The minimum absolute atomic E-state index is 0.100. The van der Waals surface area contributed by atoms with E-state index in [1.807, 2.05) is 20.8 Å². The molecule has 2 aliphatic heterocycles. The van der Waals surface area contributed by atoms with Crippen LogP contribution in [-0.4, -0.2) is 59.4 Å². The van der Waals surface area contributed by atoms with Gasteiger partial charge in [-0.3, -0.25) is 15.0 Å². The van der Waals surface area contributed by atoms with E-state index in [1.165, 1.54) is 12.1 Å². The summed E-state index contributed by atoms with van der Waals surface area (Å²) in [4.78, 5) is 38.3. The zero-order chi connectivity index (χ0) is 26.4. The van der Waals surface area contributed by atoms with Crippen molar-refractivity contribution in [1.29, 1.82) is 5.41 Å². The largest absolute Gasteiger partial charge is 0.493 e. The van der Waals surface area contributed by atoms with Gasteiger partial charge in [-0.1, -0.05) is 20.8 Å². The molecular formula is C26H29N3O7. The third-order valence-corrected chi connectivity index (χ3v) is 6.15. The van der Waals surface area contributed by atoms with Crippen LogP contribution in [0.1, 0.15) is 65.1 Å². The number of amidine groups is 1. The number of benzene rings is 2. The van der Waals surface area contributed by atoms with E-state index in [1.54, 1.807) is 24.0 Å². The number of fused-ring (bicyclic) bond motifs is 2. The molecule has 0 saturated heterocycles. The molecule has 2 aromatic rings. The summed E-state index contributed by atoms with van der Waals surface area (Å²) < 4.78 is 16.9. The number of nitrogens with zero attached hydrogens (tertiary/aromatic N) is 1. The number of carbonyl (C=O) groups excluding carboxylic acids is 2. The molecule has 1 amide bonds. The van der Waals surface area contributed by atoms with E-state index in [0.29, 0.717) is 29.2 Å². The summed E-state index contributed by atoms with van der Waals surface area (Å²) in [5.41, 5.74) is 7.59. The van der Waals surface area contributed by atoms with Crippen LogP contribution in [0, 0.1) is 5.41 Å². The van der Waals surface area contributed by atoms with E-state index < -0.39 is 23.4 Å². The number of carboxylic acid groups (broad SMARTS) is 1. The van der Waals surface area contributed by atoms with Crippen LogP contribution in [0.3, 0.4) is 0 Å². The number of nitrogens with one attached hydrogen (secondary N) is 1. The van der Waals surface area contributed by atoms with E-state index >= 15 is 0 Å². The zero-order valence-electron chi connectivity index (χ0n) is 20.6. The molecule has 0 bridgehead atoms. The zero-order valence-corrected chi connectivity index (χ0v) is 20.6. The third-order valence-electron chi connectivity index (χ3n) is 6.15. The molecule has 0 fully saturated rings. The van der Waals surface area contributed by atoms with Crippen LogP contribution in [0.25, 0.3) is 0 Å². The molecule has 1 unspecified atom stereocenters. The number of ether oxygens (including phenoxy) is 3. The van der Waals surface area contributed by atoms with Gasteiger partial charge in [0.05, 0.1) is 18.7 Å². The number of carbonyl (C=O) groups is 3. The molecule has 36 heavy (non-hydrogen) atoms.